The number of aromatic nitrogens is 2. The maximum atomic E-state index is 13.0. The van der Waals surface area contributed by atoms with E-state index in [1.165, 1.54) is 13.1 Å². The molecule has 0 fully saturated rings. The summed E-state index contributed by atoms with van der Waals surface area (Å²) in [5, 5.41) is 6.57. The zero-order chi connectivity index (χ0) is 17.6. The number of benzene rings is 1. The molecule has 0 bridgehead atoms. The minimum absolute atomic E-state index is 0.0806. The van der Waals surface area contributed by atoms with Gasteiger partial charge >= 0.3 is 6.18 Å². The van der Waals surface area contributed by atoms with Crippen molar-refractivity contribution in [2.75, 3.05) is 5.32 Å². The van der Waals surface area contributed by atoms with Crippen molar-refractivity contribution in [3.8, 4) is 0 Å². The molecular formula is C15H11ClF3N3OS. The molecular weight excluding hydrogens is 363 g/mol. The number of halogens is 4. The van der Waals surface area contributed by atoms with Gasteiger partial charge in [-0.25, -0.2) is 0 Å². The highest BCUT2D eigenvalue weighted by Gasteiger charge is 2.37. The summed E-state index contributed by atoms with van der Waals surface area (Å²) >= 11 is 6.95. The van der Waals surface area contributed by atoms with E-state index in [2.05, 4.69) is 10.4 Å². The molecule has 0 unspecified atom stereocenters. The smallest absolute Gasteiger partial charge is 0.321 e. The van der Waals surface area contributed by atoms with Crippen LogP contribution >= 0.6 is 22.9 Å². The van der Waals surface area contributed by atoms with Gasteiger partial charge in [-0.2, -0.15) is 18.3 Å². The number of hydrogen-bond donors (Lipinski definition) is 1. The Balaban J connectivity index is 1.98. The third kappa shape index (κ3) is 2.87. The molecule has 0 aliphatic carbocycles. The molecule has 0 aliphatic heterocycles. The number of amides is 1. The second-order valence-electron chi connectivity index (χ2n) is 5.17. The number of fused-ring (bicyclic) bond motifs is 1. The van der Waals surface area contributed by atoms with E-state index in [-0.39, 0.29) is 15.1 Å². The van der Waals surface area contributed by atoms with E-state index >= 15 is 0 Å². The van der Waals surface area contributed by atoms with Crippen LogP contribution in [0, 0.1) is 6.92 Å². The number of aryl methyl sites for hydroxylation is 1. The van der Waals surface area contributed by atoms with Gasteiger partial charge in [0.25, 0.3) is 5.91 Å². The van der Waals surface area contributed by atoms with E-state index < -0.39 is 17.8 Å². The van der Waals surface area contributed by atoms with Crippen molar-refractivity contribution in [3.63, 3.8) is 0 Å². The Morgan fingerprint density at radius 3 is 2.75 bits per heavy atom. The Labute approximate surface area is 143 Å². The van der Waals surface area contributed by atoms with Crippen molar-refractivity contribution in [2.45, 2.75) is 13.1 Å². The number of anilines is 1. The molecule has 0 aliphatic rings. The third-order valence-electron chi connectivity index (χ3n) is 3.52. The fraction of sp³-hybridized carbons (Fsp3) is 0.200. The molecule has 3 aromatic rings. The Kier molecular flexibility index (Phi) is 4.05. The largest absolute Gasteiger partial charge is 0.435 e. The van der Waals surface area contributed by atoms with Crippen LogP contribution < -0.4 is 5.32 Å². The van der Waals surface area contributed by atoms with Crippen LogP contribution in [0.25, 0.3) is 10.2 Å². The lowest BCUT2D eigenvalue weighted by Crippen LogP contribution is -2.11. The Morgan fingerprint density at radius 1 is 1.38 bits per heavy atom. The monoisotopic (exact) mass is 373 g/mol. The Morgan fingerprint density at radius 2 is 2.08 bits per heavy atom. The zero-order valence-electron chi connectivity index (χ0n) is 12.5. The number of nitrogens with zero attached hydrogens (tertiary/aromatic N) is 2. The van der Waals surface area contributed by atoms with Crippen LogP contribution in [0.1, 0.15) is 20.9 Å². The molecule has 3 rings (SSSR count). The molecule has 9 heteroatoms. The van der Waals surface area contributed by atoms with E-state index in [4.69, 9.17) is 11.6 Å². The van der Waals surface area contributed by atoms with Gasteiger partial charge in [-0.15, -0.1) is 11.3 Å². The zero-order valence-corrected chi connectivity index (χ0v) is 14.1. The molecule has 0 spiro atoms. The first kappa shape index (κ1) is 16.8. The molecule has 1 aromatic carbocycles. The number of nitrogens with one attached hydrogen (secondary N) is 1. The maximum Gasteiger partial charge on any atom is 0.435 e. The average molecular weight is 374 g/mol. The van der Waals surface area contributed by atoms with E-state index in [0.29, 0.717) is 16.3 Å². The molecule has 0 radical (unpaired) electrons. The average Bonchev–Trinajstić information content (AvgIpc) is 3.04. The Hall–Kier alpha value is -2.06. The van der Waals surface area contributed by atoms with Crippen LogP contribution in [-0.2, 0) is 13.2 Å². The molecule has 24 heavy (non-hydrogen) atoms. The van der Waals surface area contributed by atoms with Gasteiger partial charge in [-0.05, 0) is 30.7 Å². The topological polar surface area (TPSA) is 46.9 Å². The predicted octanol–water partition coefficient (Wildman–Crippen LogP) is 4.87. The van der Waals surface area contributed by atoms with E-state index in [9.17, 15) is 18.0 Å². The lowest BCUT2D eigenvalue weighted by Gasteiger charge is -2.08. The van der Waals surface area contributed by atoms with E-state index in [0.717, 1.165) is 16.0 Å². The fourth-order valence-corrected chi connectivity index (χ4v) is 3.43. The lowest BCUT2D eigenvalue weighted by molar-refractivity contribution is -0.140. The number of carbonyl (C=O) groups is 1. The summed E-state index contributed by atoms with van der Waals surface area (Å²) in [6.07, 6.45) is -4.57. The van der Waals surface area contributed by atoms with Gasteiger partial charge in [0, 0.05) is 23.1 Å². The number of carbonyl (C=O) groups excluding carboxylic acids is 1. The number of rotatable bonds is 2. The third-order valence-corrected chi connectivity index (χ3v) is 5.13. The molecule has 0 atom stereocenters. The summed E-state index contributed by atoms with van der Waals surface area (Å²) < 4.78 is 40.1. The Bertz CT molecular complexity index is 945. The normalized spacial score (nSPS) is 11.9. The first-order chi connectivity index (χ1) is 11.2. The summed E-state index contributed by atoms with van der Waals surface area (Å²) in [6, 6.07) is 6.26. The summed E-state index contributed by atoms with van der Waals surface area (Å²) in [5.41, 5.74) is 0.208. The highest BCUT2D eigenvalue weighted by atomic mass is 35.5. The van der Waals surface area contributed by atoms with Crippen molar-refractivity contribution in [3.05, 3.63) is 45.4 Å². The highest BCUT2D eigenvalue weighted by Crippen LogP contribution is 2.37. The summed E-state index contributed by atoms with van der Waals surface area (Å²) in [6.45, 7) is 1.74. The van der Waals surface area contributed by atoms with Crippen molar-refractivity contribution in [2.24, 2.45) is 7.05 Å². The number of alkyl halides is 3. The van der Waals surface area contributed by atoms with Crippen LogP contribution in [0.4, 0.5) is 18.9 Å². The summed E-state index contributed by atoms with van der Waals surface area (Å²) in [7, 11) is 1.41. The van der Waals surface area contributed by atoms with Gasteiger partial charge in [-0.3, -0.25) is 9.48 Å². The van der Waals surface area contributed by atoms with Crippen LogP contribution in [0.3, 0.4) is 0 Å². The summed E-state index contributed by atoms with van der Waals surface area (Å²) in [5.74, 6) is -0.491. The minimum atomic E-state index is -4.57. The van der Waals surface area contributed by atoms with Crippen molar-refractivity contribution < 1.29 is 18.0 Å². The molecule has 0 saturated carbocycles. The van der Waals surface area contributed by atoms with Gasteiger partial charge in [0.05, 0.1) is 4.88 Å². The predicted molar refractivity (Wildman–Crippen MR) is 87.7 cm³/mol. The van der Waals surface area contributed by atoms with Gasteiger partial charge in [-0.1, -0.05) is 17.7 Å². The van der Waals surface area contributed by atoms with E-state index in [1.54, 1.807) is 25.1 Å². The van der Waals surface area contributed by atoms with Crippen LogP contribution in [0.2, 0.25) is 5.02 Å². The molecule has 1 amide bonds. The molecule has 2 aromatic heterocycles. The van der Waals surface area contributed by atoms with Crippen LogP contribution in [-0.4, -0.2) is 15.7 Å². The molecule has 0 saturated heterocycles. The quantitative estimate of drug-likeness (QED) is 0.696. The molecule has 1 N–H and O–H groups in total. The van der Waals surface area contributed by atoms with E-state index in [1.807, 2.05) is 0 Å². The fourth-order valence-electron chi connectivity index (χ4n) is 2.29. The van der Waals surface area contributed by atoms with Crippen molar-refractivity contribution in [1.82, 2.24) is 9.78 Å². The van der Waals surface area contributed by atoms with Crippen LogP contribution in [0.15, 0.2) is 24.3 Å². The molecule has 4 nitrogen and oxygen atoms in total. The highest BCUT2D eigenvalue weighted by molar-refractivity contribution is 7.20. The first-order valence-electron chi connectivity index (χ1n) is 6.78. The van der Waals surface area contributed by atoms with Crippen LogP contribution in [0.5, 0.6) is 0 Å². The van der Waals surface area contributed by atoms with Gasteiger partial charge in [0.1, 0.15) is 4.83 Å². The van der Waals surface area contributed by atoms with Crippen molar-refractivity contribution >= 4 is 44.7 Å². The maximum absolute atomic E-state index is 13.0. The number of hydrogen-bond acceptors (Lipinski definition) is 3. The second kappa shape index (κ2) is 5.78. The lowest BCUT2D eigenvalue weighted by atomic mass is 10.2. The SMILES string of the molecule is Cc1c(Cl)cccc1NC(=O)c1cc2c(C(F)(F)F)nn(C)c2s1. The standard InChI is InChI=1S/C15H11ClF3N3OS/c1-7-9(16)4-3-5-10(7)20-13(23)11-6-8-12(15(17,18)19)21-22(2)14(8)24-11/h3-6H,1-2H3,(H,20,23). The van der Waals surface area contributed by atoms with Gasteiger partial charge in [0.15, 0.2) is 5.69 Å². The van der Waals surface area contributed by atoms with Gasteiger partial charge < -0.3 is 5.32 Å². The minimum Gasteiger partial charge on any atom is -0.321 e. The summed E-state index contributed by atoms with van der Waals surface area (Å²) in [4.78, 5) is 12.8. The second-order valence-corrected chi connectivity index (χ2v) is 6.60. The first-order valence-corrected chi connectivity index (χ1v) is 7.98. The molecule has 126 valence electrons. The van der Waals surface area contributed by atoms with Crippen molar-refractivity contribution in [1.29, 1.82) is 0 Å². The molecule has 2 heterocycles. The van der Waals surface area contributed by atoms with Gasteiger partial charge in [0.2, 0.25) is 0 Å². The number of thiophene rings is 1.